The molecule has 0 saturated heterocycles. The Morgan fingerprint density at radius 2 is 1.92 bits per heavy atom. The third-order valence-corrected chi connectivity index (χ3v) is 3.67. The summed E-state index contributed by atoms with van der Waals surface area (Å²) in [6, 6.07) is 13.2. The highest BCUT2D eigenvalue weighted by atomic mass is 16.7. The first-order valence-corrected chi connectivity index (χ1v) is 7.45. The fraction of sp³-hybridized carbons (Fsp3) is 0.176. The van der Waals surface area contributed by atoms with Crippen molar-refractivity contribution in [3.8, 4) is 11.4 Å². The van der Waals surface area contributed by atoms with Gasteiger partial charge >= 0.3 is 5.97 Å². The maximum absolute atomic E-state index is 11.4. The number of hydrogen-bond acceptors (Lipinski definition) is 5. The van der Waals surface area contributed by atoms with Crippen LogP contribution in [0.4, 0.5) is 5.69 Å². The number of imidazole rings is 1. The van der Waals surface area contributed by atoms with Crippen molar-refractivity contribution in [1.29, 1.82) is 0 Å². The van der Waals surface area contributed by atoms with Crippen LogP contribution in [0.3, 0.4) is 0 Å². The first-order valence-electron chi connectivity index (χ1n) is 7.45. The Bertz CT molecular complexity index is 963. The summed E-state index contributed by atoms with van der Waals surface area (Å²) in [7, 11) is 0. The monoisotopic (exact) mass is 341 g/mol. The molecule has 0 atom stereocenters. The second-order valence-corrected chi connectivity index (χ2v) is 5.93. The molecule has 0 spiro atoms. The van der Waals surface area contributed by atoms with E-state index in [9.17, 15) is 20.0 Å². The number of benzene rings is 2. The highest BCUT2D eigenvalue weighted by Gasteiger charge is 2.32. The Morgan fingerprint density at radius 1 is 1.24 bits per heavy atom. The largest absolute Gasteiger partial charge is 0.478 e. The summed E-state index contributed by atoms with van der Waals surface area (Å²) in [5.74, 6) is -0.802. The van der Waals surface area contributed by atoms with Gasteiger partial charge in [0, 0.05) is 17.7 Å². The van der Waals surface area contributed by atoms with Gasteiger partial charge in [0.25, 0.3) is 5.69 Å². The normalized spacial score (nSPS) is 11.4. The number of carbonyl (C=O) groups is 1. The average Bonchev–Trinajstić information content (AvgIpc) is 2.93. The topological polar surface area (TPSA) is 107 Å². The van der Waals surface area contributed by atoms with E-state index in [1.807, 2.05) is 18.2 Å². The number of nitrogens with zero attached hydrogens (tertiary/aromatic N) is 3. The molecule has 3 rings (SSSR count). The van der Waals surface area contributed by atoms with Crippen molar-refractivity contribution in [2.24, 2.45) is 0 Å². The van der Waals surface area contributed by atoms with Gasteiger partial charge in [0.2, 0.25) is 5.60 Å². The molecule has 8 heteroatoms. The van der Waals surface area contributed by atoms with Crippen LogP contribution >= 0.6 is 0 Å². The van der Waals surface area contributed by atoms with Crippen LogP contribution < -0.4 is 4.84 Å². The fourth-order valence-corrected chi connectivity index (χ4v) is 2.28. The maximum Gasteiger partial charge on any atom is 0.350 e. The molecule has 0 unspecified atom stereocenters. The van der Waals surface area contributed by atoms with Crippen LogP contribution in [0.15, 0.2) is 48.5 Å². The molecule has 0 fully saturated rings. The number of carboxylic acid groups (broad SMARTS) is 1. The molecule has 8 nitrogen and oxygen atoms in total. The molecule has 0 bridgehead atoms. The van der Waals surface area contributed by atoms with Crippen LogP contribution in [0.25, 0.3) is 22.4 Å². The molecule has 1 N–H and O–H groups in total. The van der Waals surface area contributed by atoms with E-state index < -0.39 is 16.5 Å². The lowest BCUT2D eigenvalue weighted by Gasteiger charge is -2.23. The average molecular weight is 341 g/mol. The molecule has 0 radical (unpaired) electrons. The van der Waals surface area contributed by atoms with Gasteiger partial charge in [0.15, 0.2) is 5.82 Å². The van der Waals surface area contributed by atoms with Crippen LogP contribution in [-0.4, -0.2) is 31.3 Å². The van der Waals surface area contributed by atoms with Gasteiger partial charge in [-0.15, -0.1) is 0 Å². The summed E-state index contributed by atoms with van der Waals surface area (Å²) in [5.41, 5.74) is -0.206. The van der Waals surface area contributed by atoms with E-state index in [0.29, 0.717) is 22.4 Å². The second-order valence-electron chi connectivity index (χ2n) is 5.93. The van der Waals surface area contributed by atoms with Crippen molar-refractivity contribution < 1.29 is 19.7 Å². The molecule has 128 valence electrons. The van der Waals surface area contributed by atoms with Gasteiger partial charge in [-0.05, 0) is 19.9 Å². The number of aliphatic carboxylic acids is 1. The molecule has 3 aromatic rings. The lowest BCUT2D eigenvalue weighted by molar-refractivity contribution is -0.384. The maximum atomic E-state index is 11.4. The number of aromatic nitrogens is 2. The number of hydrogen-bond donors (Lipinski definition) is 1. The predicted molar refractivity (Wildman–Crippen MR) is 90.1 cm³/mol. The smallest absolute Gasteiger partial charge is 0.350 e. The van der Waals surface area contributed by atoms with Crippen molar-refractivity contribution >= 4 is 22.7 Å². The molecule has 0 amide bonds. The van der Waals surface area contributed by atoms with Crippen molar-refractivity contribution in [1.82, 2.24) is 9.71 Å². The molecule has 2 aromatic carbocycles. The Labute approximate surface area is 142 Å². The number of non-ortho nitro benzene ring substituents is 1. The van der Waals surface area contributed by atoms with Gasteiger partial charge in [-0.3, -0.25) is 10.1 Å². The van der Waals surface area contributed by atoms with E-state index in [2.05, 4.69) is 4.98 Å². The zero-order chi connectivity index (χ0) is 18.2. The van der Waals surface area contributed by atoms with Gasteiger partial charge in [0.05, 0.1) is 10.4 Å². The first-order chi connectivity index (χ1) is 11.8. The summed E-state index contributed by atoms with van der Waals surface area (Å²) < 4.78 is 1.24. The van der Waals surface area contributed by atoms with Crippen LogP contribution in [0.5, 0.6) is 0 Å². The number of carboxylic acids is 1. The van der Waals surface area contributed by atoms with Gasteiger partial charge in [0.1, 0.15) is 5.52 Å². The molecular formula is C17H15N3O5. The molecule has 0 aliphatic heterocycles. The van der Waals surface area contributed by atoms with E-state index in [1.54, 1.807) is 12.1 Å². The summed E-state index contributed by atoms with van der Waals surface area (Å²) in [6.45, 7) is 2.79. The molecular weight excluding hydrogens is 326 g/mol. The Morgan fingerprint density at radius 3 is 2.52 bits per heavy atom. The van der Waals surface area contributed by atoms with E-state index >= 15 is 0 Å². The Kier molecular flexibility index (Phi) is 3.88. The summed E-state index contributed by atoms with van der Waals surface area (Å²) >= 11 is 0. The molecule has 1 aromatic heterocycles. The minimum absolute atomic E-state index is 0.134. The summed E-state index contributed by atoms with van der Waals surface area (Å²) in [6.07, 6.45) is 0. The van der Waals surface area contributed by atoms with E-state index in [4.69, 9.17) is 4.84 Å². The molecule has 25 heavy (non-hydrogen) atoms. The van der Waals surface area contributed by atoms with Crippen LogP contribution in [0, 0.1) is 10.1 Å². The lowest BCUT2D eigenvalue weighted by Crippen LogP contribution is -2.42. The minimum atomic E-state index is -1.55. The van der Waals surface area contributed by atoms with Gasteiger partial charge < -0.3 is 9.94 Å². The lowest BCUT2D eigenvalue weighted by atomic mass is 10.1. The standard InChI is InChI=1S/C17H15N3O5/c1-17(2,16(21)22)25-19-14-10-12(20(23)24)8-9-13(14)18-15(19)11-6-4-3-5-7-11/h3-10H,1-2H3,(H,21,22). The Hall–Kier alpha value is -3.42. The highest BCUT2D eigenvalue weighted by Crippen LogP contribution is 2.28. The van der Waals surface area contributed by atoms with Crippen LogP contribution in [0.1, 0.15) is 13.8 Å². The quantitative estimate of drug-likeness (QED) is 0.565. The summed E-state index contributed by atoms with van der Waals surface area (Å²) in [4.78, 5) is 32.1. The third kappa shape index (κ3) is 3.01. The fourth-order valence-electron chi connectivity index (χ4n) is 2.28. The highest BCUT2D eigenvalue weighted by molar-refractivity contribution is 5.83. The minimum Gasteiger partial charge on any atom is -0.478 e. The molecule has 1 heterocycles. The van der Waals surface area contributed by atoms with E-state index in [0.717, 1.165) is 0 Å². The van der Waals surface area contributed by atoms with Gasteiger partial charge in [-0.2, -0.15) is 4.73 Å². The van der Waals surface area contributed by atoms with Crippen molar-refractivity contribution in [2.75, 3.05) is 0 Å². The SMILES string of the molecule is CC(C)(On1c(-c2ccccc2)nc2ccc([N+](=O)[O-])cc21)C(=O)O. The second kappa shape index (κ2) is 5.90. The number of nitro benzene ring substituents is 1. The van der Waals surface area contributed by atoms with E-state index in [-0.39, 0.29) is 5.69 Å². The zero-order valence-electron chi connectivity index (χ0n) is 13.5. The van der Waals surface area contributed by atoms with E-state index in [1.165, 1.54) is 36.8 Å². The number of rotatable bonds is 5. The van der Waals surface area contributed by atoms with Crippen LogP contribution in [-0.2, 0) is 4.79 Å². The molecule has 0 aliphatic rings. The Balaban J connectivity index is 2.26. The van der Waals surface area contributed by atoms with Gasteiger partial charge in [-0.1, -0.05) is 30.3 Å². The van der Waals surface area contributed by atoms with Crippen molar-refractivity contribution in [3.05, 3.63) is 58.6 Å². The molecule has 0 saturated carbocycles. The first kappa shape index (κ1) is 16.4. The number of fused-ring (bicyclic) bond motifs is 1. The number of nitro groups is 1. The van der Waals surface area contributed by atoms with Crippen LogP contribution in [0.2, 0.25) is 0 Å². The van der Waals surface area contributed by atoms with Crippen molar-refractivity contribution in [2.45, 2.75) is 19.4 Å². The predicted octanol–water partition coefficient (Wildman–Crippen LogP) is 2.90. The van der Waals surface area contributed by atoms with Gasteiger partial charge in [-0.25, -0.2) is 9.78 Å². The zero-order valence-corrected chi connectivity index (χ0v) is 13.5. The summed E-state index contributed by atoms with van der Waals surface area (Å²) in [5, 5.41) is 20.4. The molecule has 0 aliphatic carbocycles. The third-order valence-electron chi connectivity index (χ3n) is 3.67. The van der Waals surface area contributed by atoms with Crippen molar-refractivity contribution in [3.63, 3.8) is 0 Å².